The van der Waals surface area contributed by atoms with Crippen molar-refractivity contribution in [2.45, 2.75) is 524 Å². The molecule has 3 aliphatic rings. The molecule has 3 rings (SSSR count). The largest absolute Gasteiger partial charge is 2.00 e. The molecule has 145 heavy (non-hydrogen) atoms. The molecule has 0 amide bonds. The monoisotopic (exact) mass is 2410 g/mol. The van der Waals surface area contributed by atoms with Crippen LogP contribution in [0.3, 0.4) is 0 Å². The Bertz CT molecular complexity index is 3230. The number of carbonyl (C=O) groups is 10. The molecule has 1 aliphatic heterocycles. The molecular weight excluding hydrogens is 2180 g/mol. The summed E-state index contributed by atoms with van der Waals surface area (Å²) in [7, 11) is 16.1. The second kappa shape index (κ2) is 86.0. The second-order valence-electron chi connectivity index (χ2n) is 49.3. The molecule has 4 unspecified atom stereocenters. The van der Waals surface area contributed by atoms with Crippen LogP contribution in [0.4, 0.5) is 0 Å². The van der Waals surface area contributed by atoms with E-state index in [-0.39, 0.29) is 177 Å². The molecule has 1 saturated heterocycles. The molecule has 1 heterocycles. The van der Waals surface area contributed by atoms with Crippen LogP contribution in [0.2, 0.25) is 0 Å². The van der Waals surface area contributed by atoms with Crippen LogP contribution in [0.15, 0.2) is 0 Å². The number of unbranched alkanes of at least 4 members (excludes halogenated alkanes) is 6. The average Bonchev–Trinajstić information content (AvgIpc) is 1.77. The van der Waals surface area contributed by atoms with Crippen molar-refractivity contribution in [3.8, 4) is 0 Å². The van der Waals surface area contributed by atoms with E-state index < -0.39 is 5.60 Å². The Morgan fingerprint density at radius 2 is 0.724 bits per heavy atom. The number of hydrogen-bond acceptors (Lipinski definition) is 28. The maximum absolute atomic E-state index is 12.0. The summed E-state index contributed by atoms with van der Waals surface area (Å²) in [6.07, 6.45) is 25.3. The summed E-state index contributed by atoms with van der Waals surface area (Å²) >= 11 is 0. The van der Waals surface area contributed by atoms with Gasteiger partial charge in [0.1, 0.15) is 62.6 Å². The Morgan fingerprint density at radius 3 is 1.03 bits per heavy atom. The normalized spacial score (nSPS) is 16.2. The molecule has 0 aromatic heterocycles. The number of likely N-dealkylation sites (N-methyl/N-ethyl adjacent to an activating group) is 1. The van der Waals surface area contributed by atoms with Crippen molar-refractivity contribution in [3.05, 3.63) is 20.3 Å². The van der Waals surface area contributed by atoms with E-state index in [4.69, 9.17) is 52.1 Å². The van der Waals surface area contributed by atoms with Crippen LogP contribution in [-0.2, 0) is 142 Å². The number of carbonyl (C=O) groups excluding carboxylic acids is 10. The number of rotatable bonds is 40. The van der Waals surface area contributed by atoms with Crippen molar-refractivity contribution >= 4 is 59.7 Å². The molecule has 2 aliphatic carbocycles. The molecule has 1 N–H and O–H groups in total. The molecular formula is C115H230N7O21W2-. The summed E-state index contributed by atoms with van der Waals surface area (Å²) in [6, 6.07) is 2.41. The number of ether oxygens (including phenoxy) is 11. The third kappa shape index (κ3) is 130. The molecule has 0 aromatic carbocycles. The fourth-order valence-electron chi connectivity index (χ4n) is 13.0. The third-order valence-corrected chi connectivity index (χ3v) is 19.7. The van der Waals surface area contributed by atoms with Gasteiger partial charge in [-0.05, 0) is 420 Å². The van der Waals surface area contributed by atoms with Gasteiger partial charge < -0.3 is 90.9 Å². The Morgan fingerprint density at radius 1 is 0.393 bits per heavy atom. The van der Waals surface area contributed by atoms with Crippen molar-refractivity contribution in [2.75, 3.05) is 122 Å². The summed E-state index contributed by atoms with van der Waals surface area (Å²) < 4.78 is 57.1. The Kier molecular flexibility index (Phi) is 95.3. The number of esters is 10. The van der Waals surface area contributed by atoms with Gasteiger partial charge in [-0.3, -0.25) is 59.4 Å². The molecule has 0 aromatic rings. The molecule has 3 fully saturated rings. The van der Waals surface area contributed by atoms with Crippen molar-refractivity contribution in [3.63, 3.8) is 0 Å². The maximum atomic E-state index is 12.0. The van der Waals surface area contributed by atoms with Crippen LogP contribution in [-0.4, -0.2) is 291 Å². The van der Waals surface area contributed by atoms with Gasteiger partial charge in [-0.1, -0.05) is 86.0 Å². The van der Waals surface area contributed by atoms with Crippen molar-refractivity contribution in [1.29, 1.82) is 0 Å². The summed E-state index contributed by atoms with van der Waals surface area (Å²) in [5.41, 5.74) is -3.60. The molecule has 0 spiro atoms. The van der Waals surface area contributed by atoms with Gasteiger partial charge in [0.05, 0.1) is 18.4 Å². The van der Waals surface area contributed by atoms with Crippen LogP contribution in [0.5, 0.6) is 0 Å². The summed E-state index contributed by atoms with van der Waals surface area (Å²) in [5, 5.41) is 3.22. The molecule has 30 heteroatoms. The molecule has 0 radical (unpaired) electrons. The molecule has 2 saturated carbocycles. The van der Waals surface area contributed by atoms with Gasteiger partial charge in [0.2, 0.25) is 0 Å². The van der Waals surface area contributed by atoms with E-state index >= 15 is 0 Å². The van der Waals surface area contributed by atoms with E-state index in [1.165, 1.54) is 32.2 Å². The van der Waals surface area contributed by atoms with E-state index in [1.54, 1.807) is 6.42 Å². The van der Waals surface area contributed by atoms with Crippen molar-refractivity contribution in [2.24, 2.45) is 23.7 Å². The molecule has 864 valence electrons. The van der Waals surface area contributed by atoms with E-state index in [0.29, 0.717) is 68.7 Å². The number of hydrogen-bond donors (Lipinski definition) is 1. The minimum absolute atomic E-state index is 0. The van der Waals surface area contributed by atoms with Gasteiger partial charge in [-0.25, -0.2) is 4.79 Å². The van der Waals surface area contributed by atoms with Crippen molar-refractivity contribution < 1.29 is 142 Å². The van der Waals surface area contributed by atoms with Crippen LogP contribution in [0.25, 0.3) is 0 Å². The fraction of sp³-hybridized carbons (Fsp3) is 0.887. The standard InChI is InChI=1S/C14H29NO2.C14H26O2.C13H25NO2.C11H21NO2.C11H23NO2.C11H22O2.C10H21NO3.C10H20NO2.C10H20O2.C7H13O2.C4H10N.2W/c1-11(2)15(12(3)4)10-8-9-13(16)17-14(5,6)7;1-10(2)11-7-6-8-12(9-11)13(15)16-14(3,4)5;1-13(2,3)16-12(15)10-6-8-11(9-7-10)14(4)5;1-9-8-12(9)7-5-6-10(13)14-11(2,3)4;1-5-12-9-7-6-8-10(13)14-11(2,3)4;1-5-6-7-8-9-10(12)13-11(2,3)4;1-10(2,3)14-9(12)8-13-7-6-11(4)5;1-10(2,3)13-9(12)7-6-8-11(4)5;1-5-6-7-8-9(11)12-10(2,3)4;1-5-6(8)9-7(2,3)4;1-4-5(2)3;;/h11-12H,8-10H2,1-7H3;10-12H,6-9H2,1-5H3;10-11H,6-9H2,1-5H3;9H,5-8H2,1-4H3;12H,5-9H2,1-4H3;5-9H2,1-4H3;6-8H2,1-5H3;7H,6,8H2,1-5H3;5-8H2,1-4H3;1,5H2,2-4H3;1,4H2,2-3H3;;/q;;;;;;;-1;;2*-1;;+2. The molecule has 28 nitrogen and oxygen atoms in total. The third-order valence-electron chi connectivity index (χ3n) is 19.7. The Hall–Kier alpha value is -4.37. The SMILES string of the molecule is CC(C)C1CCCC(C(=O)OC(C)(C)C)C1.CC(C)N(CCCC(=O)OC(C)(C)C)C(C)C.CC1CN1CCCC(=O)OC(C)(C)C.CCCCCC(=O)OC(C)(C)C.CCCCCCC(=O)OC(C)(C)C.CCNCCCCC(=O)OC(C)(C)C.CN(C)C1CCC(C(=O)OC(C)(C)C)CC1.CN(C)CCOCC(=O)OC(C)(C)C.CN(C)CC[CH-]C(=O)OC(C)(C)C.[CH2-]CC(=O)OC(C)(C)C.[CH2-]CN(C)C.[W+2].[W]. The zero-order valence-corrected chi connectivity index (χ0v) is 109. The van der Waals surface area contributed by atoms with Gasteiger partial charge in [0.25, 0.3) is 5.97 Å². The van der Waals surface area contributed by atoms with E-state index in [0.717, 1.165) is 155 Å². The number of nitrogens with zero attached hydrogens (tertiary/aromatic N) is 6. The topological polar surface area (TPSA) is 303 Å². The summed E-state index contributed by atoms with van der Waals surface area (Å²) in [6.45, 7) is 93.8. The average molecular weight is 2410 g/mol. The zero-order chi connectivity index (χ0) is 114. The Labute approximate surface area is 920 Å². The predicted octanol–water partition coefficient (Wildman–Crippen LogP) is 23.9. The van der Waals surface area contributed by atoms with Crippen LogP contribution in [0, 0.1) is 43.9 Å². The smallest absolute Gasteiger partial charge is 0.483 e. The summed E-state index contributed by atoms with van der Waals surface area (Å²) in [5.74, 6) is 0.466. The summed E-state index contributed by atoms with van der Waals surface area (Å²) in [4.78, 5) is 126. The van der Waals surface area contributed by atoms with Gasteiger partial charge in [-0.2, -0.15) is 0 Å². The van der Waals surface area contributed by atoms with Gasteiger partial charge >= 0.3 is 68.8 Å². The maximum Gasteiger partial charge on any atom is 2.00 e. The van der Waals surface area contributed by atoms with Crippen LogP contribution < -0.4 is 5.32 Å². The van der Waals surface area contributed by atoms with Crippen LogP contribution >= 0.6 is 0 Å². The van der Waals surface area contributed by atoms with Gasteiger partial charge in [0.15, 0.2) is 5.97 Å². The first-order valence-corrected chi connectivity index (χ1v) is 53.8. The first-order chi connectivity index (χ1) is 64.8. The molecule has 4 atom stereocenters. The first kappa shape index (κ1) is 161. The second-order valence-corrected chi connectivity index (χ2v) is 49.3. The van der Waals surface area contributed by atoms with Crippen molar-refractivity contribution in [1.82, 2.24) is 34.7 Å². The quantitative estimate of drug-likeness (QED) is 0.0196. The van der Waals surface area contributed by atoms with Gasteiger partial charge in [-0.15, -0.1) is 13.0 Å². The zero-order valence-electron chi connectivity index (χ0n) is 103. The van der Waals surface area contributed by atoms with Gasteiger partial charge in [0, 0.05) is 90.4 Å². The first-order valence-electron chi connectivity index (χ1n) is 53.8. The van der Waals surface area contributed by atoms with E-state index in [9.17, 15) is 47.9 Å². The minimum Gasteiger partial charge on any atom is -0.483 e. The van der Waals surface area contributed by atoms with E-state index in [1.807, 2.05) is 265 Å². The van der Waals surface area contributed by atoms with E-state index in [2.05, 4.69) is 117 Å². The Balaban J connectivity index is -0.000000174. The minimum atomic E-state index is -0.429. The molecule has 0 bridgehead atoms. The fourth-order valence-corrected chi connectivity index (χ4v) is 13.0. The van der Waals surface area contributed by atoms with Crippen LogP contribution in [0.1, 0.15) is 444 Å². The number of nitrogens with one attached hydrogen (secondary N) is 1. The predicted molar refractivity (Wildman–Crippen MR) is 591 cm³/mol.